The van der Waals surface area contributed by atoms with Gasteiger partial charge in [0, 0.05) is 24.2 Å². The van der Waals surface area contributed by atoms with E-state index < -0.39 is 0 Å². The summed E-state index contributed by atoms with van der Waals surface area (Å²) in [6, 6.07) is 6.88. The molecule has 2 aromatic carbocycles. The smallest absolute Gasteiger partial charge is 0.160 e. The third-order valence-electron chi connectivity index (χ3n) is 6.09. The molecule has 0 bridgehead atoms. The van der Waals surface area contributed by atoms with Crippen LogP contribution >= 0.6 is 0 Å². The molecule has 6 heteroatoms. The summed E-state index contributed by atoms with van der Waals surface area (Å²) in [5, 5.41) is 46.9. The van der Waals surface area contributed by atoms with E-state index in [0.29, 0.717) is 12.8 Å². The monoisotopic (exact) mass is 444 g/mol. The van der Waals surface area contributed by atoms with Gasteiger partial charge in [-0.2, -0.15) is 0 Å². The Morgan fingerprint density at radius 1 is 0.688 bits per heavy atom. The van der Waals surface area contributed by atoms with Gasteiger partial charge in [-0.1, -0.05) is 52.2 Å². The largest absolute Gasteiger partial charge is 0.504 e. The van der Waals surface area contributed by atoms with Crippen molar-refractivity contribution in [2.45, 2.75) is 78.3 Å². The zero-order valence-corrected chi connectivity index (χ0v) is 19.7. The minimum atomic E-state index is -0.0654. The number of nitrogens with one attached hydrogen (secondary N) is 2. The van der Waals surface area contributed by atoms with Crippen LogP contribution in [-0.4, -0.2) is 39.7 Å². The van der Waals surface area contributed by atoms with Gasteiger partial charge in [-0.05, 0) is 55.4 Å². The molecule has 0 saturated carbocycles. The van der Waals surface area contributed by atoms with Crippen LogP contribution in [0.1, 0.15) is 68.7 Å². The predicted molar refractivity (Wildman–Crippen MR) is 130 cm³/mol. The molecule has 0 aliphatic heterocycles. The molecule has 6 N–H and O–H groups in total. The summed E-state index contributed by atoms with van der Waals surface area (Å²) in [6.07, 6.45) is 7.60. The van der Waals surface area contributed by atoms with E-state index in [2.05, 4.69) is 17.6 Å². The maximum Gasteiger partial charge on any atom is 0.160 e. The fourth-order valence-corrected chi connectivity index (χ4v) is 4.23. The molecule has 2 aromatic rings. The minimum Gasteiger partial charge on any atom is -0.504 e. The SMILES string of the molecule is CCCCCC(NCCc1ccc(O)c(O)c1CC)NCCc1ccc(O)c(O)c1CC. The summed E-state index contributed by atoms with van der Waals surface area (Å²) >= 11 is 0. The quantitative estimate of drug-likeness (QED) is 0.146. The predicted octanol–water partition coefficient (Wildman–Crippen LogP) is 4.50. The first-order valence-corrected chi connectivity index (χ1v) is 11.9. The van der Waals surface area contributed by atoms with E-state index in [1.165, 1.54) is 12.8 Å². The molecule has 0 spiro atoms. The first-order valence-electron chi connectivity index (χ1n) is 11.9. The minimum absolute atomic E-state index is 0.00787. The number of phenolic OH excluding ortho intramolecular Hbond substituents is 4. The first kappa shape index (κ1) is 25.8. The highest BCUT2D eigenvalue weighted by Gasteiger charge is 2.13. The average molecular weight is 445 g/mol. The van der Waals surface area contributed by atoms with Crippen molar-refractivity contribution in [2.24, 2.45) is 0 Å². The molecule has 32 heavy (non-hydrogen) atoms. The van der Waals surface area contributed by atoms with Crippen molar-refractivity contribution in [2.75, 3.05) is 13.1 Å². The van der Waals surface area contributed by atoms with Crippen LogP contribution in [0.25, 0.3) is 0 Å². The molecule has 0 fully saturated rings. The van der Waals surface area contributed by atoms with E-state index in [-0.39, 0.29) is 29.2 Å². The Hall–Kier alpha value is -2.44. The van der Waals surface area contributed by atoms with E-state index in [1.807, 2.05) is 26.0 Å². The highest BCUT2D eigenvalue weighted by atomic mass is 16.3. The van der Waals surface area contributed by atoms with Crippen molar-refractivity contribution in [1.82, 2.24) is 10.6 Å². The summed E-state index contributed by atoms with van der Waals surface area (Å²) in [6.45, 7) is 7.68. The normalized spacial score (nSPS) is 11.4. The second-order valence-corrected chi connectivity index (χ2v) is 8.31. The van der Waals surface area contributed by atoms with E-state index in [4.69, 9.17) is 0 Å². The molecule has 0 saturated heterocycles. The van der Waals surface area contributed by atoms with Gasteiger partial charge in [0.05, 0.1) is 6.17 Å². The van der Waals surface area contributed by atoms with Crippen LogP contribution in [0.4, 0.5) is 0 Å². The Bertz CT molecular complexity index is 789. The van der Waals surface area contributed by atoms with Crippen molar-refractivity contribution in [3.63, 3.8) is 0 Å². The number of phenols is 4. The molecular weight excluding hydrogens is 404 g/mol. The second-order valence-electron chi connectivity index (χ2n) is 8.31. The molecule has 0 aliphatic carbocycles. The van der Waals surface area contributed by atoms with Gasteiger partial charge in [0.25, 0.3) is 0 Å². The Morgan fingerprint density at radius 2 is 1.16 bits per heavy atom. The van der Waals surface area contributed by atoms with E-state index in [9.17, 15) is 20.4 Å². The van der Waals surface area contributed by atoms with Crippen LogP contribution in [0.5, 0.6) is 23.0 Å². The van der Waals surface area contributed by atoms with Crippen LogP contribution in [0, 0.1) is 0 Å². The van der Waals surface area contributed by atoms with Crippen molar-refractivity contribution in [3.8, 4) is 23.0 Å². The lowest BCUT2D eigenvalue weighted by molar-refractivity contribution is 0.387. The summed E-state index contributed by atoms with van der Waals surface area (Å²) in [5.41, 5.74) is 3.72. The van der Waals surface area contributed by atoms with E-state index in [1.54, 1.807) is 12.1 Å². The highest BCUT2D eigenvalue weighted by molar-refractivity contribution is 5.49. The van der Waals surface area contributed by atoms with Crippen molar-refractivity contribution < 1.29 is 20.4 Å². The van der Waals surface area contributed by atoms with Crippen LogP contribution in [0.2, 0.25) is 0 Å². The van der Waals surface area contributed by atoms with Crippen LogP contribution in [-0.2, 0) is 25.7 Å². The molecule has 0 aliphatic rings. The lowest BCUT2D eigenvalue weighted by atomic mass is 10.00. The maximum atomic E-state index is 10.1. The van der Waals surface area contributed by atoms with Gasteiger partial charge in [0.2, 0.25) is 0 Å². The Kier molecular flexibility index (Phi) is 10.6. The molecule has 0 amide bonds. The Balaban J connectivity index is 1.94. The maximum absolute atomic E-state index is 10.1. The van der Waals surface area contributed by atoms with Crippen LogP contribution in [0.3, 0.4) is 0 Å². The van der Waals surface area contributed by atoms with Gasteiger partial charge in [-0.15, -0.1) is 0 Å². The van der Waals surface area contributed by atoms with Gasteiger partial charge in [-0.3, -0.25) is 0 Å². The van der Waals surface area contributed by atoms with E-state index >= 15 is 0 Å². The second kappa shape index (κ2) is 13.2. The number of aromatic hydroxyl groups is 4. The standard InChI is InChI=1S/C26H40N2O4/c1-4-7-8-9-24(27-16-14-18-10-12-22(29)25(31)20(18)5-2)28-17-15-19-11-13-23(30)26(32)21(19)6-3/h10-13,24,27-32H,4-9,14-17H2,1-3H3. The lowest BCUT2D eigenvalue weighted by Gasteiger charge is -2.22. The van der Waals surface area contributed by atoms with Gasteiger partial charge in [0.1, 0.15) is 0 Å². The number of benzene rings is 2. The Morgan fingerprint density at radius 3 is 1.56 bits per heavy atom. The molecule has 0 unspecified atom stereocenters. The van der Waals surface area contributed by atoms with Crippen LogP contribution in [0.15, 0.2) is 24.3 Å². The summed E-state index contributed by atoms with van der Waals surface area (Å²) in [4.78, 5) is 0. The molecule has 0 aromatic heterocycles. The number of unbranched alkanes of at least 4 members (excludes halogenated alkanes) is 2. The number of hydrogen-bond donors (Lipinski definition) is 6. The summed E-state index contributed by atoms with van der Waals surface area (Å²) < 4.78 is 0. The zero-order valence-electron chi connectivity index (χ0n) is 19.7. The molecule has 0 atom stereocenters. The number of rotatable bonds is 14. The van der Waals surface area contributed by atoms with Crippen molar-refractivity contribution in [1.29, 1.82) is 0 Å². The fourth-order valence-electron chi connectivity index (χ4n) is 4.23. The van der Waals surface area contributed by atoms with Crippen molar-refractivity contribution in [3.05, 3.63) is 46.5 Å². The van der Waals surface area contributed by atoms with Gasteiger partial charge < -0.3 is 31.1 Å². The number of hydrogen-bond acceptors (Lipinski definition) is 6. The zero-order chi connectivity index (χ0) is 23.5. The van der Waals surface area contributed by atoms with Gasteiger partial charge in [-0.25, -0.2) is 0 Å². The third-order valence-corrected chi connectivity index (χ3v) is 6.09. The third kappa shape index (κ3) is 7.04. The molecule has 2 rings (SSSR count). The molecule has 0 heterocycles. The first-order chi connectivity index (χ1) is 15.4. The molecule has 0 radical (unpaired) electrons. The summed E-state index contributed by atoms with van der Waals surface area (Å²) in [5.74, 6) is -0.147. The topological polar surface area (TPSA) is 105 Å². The lowest BCUT2D eigenvalue weighted by Crippen LogP contribution is -2.44. The fraction of sp³-hybridized carbons (Fsp3) is 0.538. The van der Waals surface area contributed by atoms with Crippen LogP contribution < -0.4 is 10.6 Å². The highest BCUT2D eigenvalue weighted by Crippen LogP contribution is 2.32. The average Bonchev–Trinajstić information content (AvgIpc) is 2.78. The Labute approximate surface area is 192 Å². The molecular formula is C26H40N2O4. The summed E-state index contributed by atoms with van der Waals surface area (Å²) in [7, 11) is 0. The molecule has 6 nitrogen and oxygen atoms in total. The van der Waals surface area contributed by atoms with Gasteiger partial charge in [0.15, 0.2) is 23.0 Å². The van der Waals surface area contributed by atoms with Gasteiger partial charge >= 0.3 is 0 Å². The van der Waals surface area contributed by atoms with E-state index in [0.717, 1.165) is 61.0 Å². The molecule has 178 valence electrons. The van der Waals surface area contributed by atoms with Crippen molar-refractivity contribution >= 4 is 0 Å².